The van der Waals surface area contributed by atoms with Crippen LogP contribution in [0.25, 0.3) is 5.65 Å². The highest BCUT2D eigenvalue weighted by Gasteiger charge is 2.34. The van der Waals surface area contributed by atoms with Gasteiger partial charge in [-0.2, -0.15) is 18.3 Å². The maximum absolute atomic E-state index is 12.7. The van der Waals surface area contributed by atoms with E-state index in [1.165, 1.54) is 12.3 Å². The molecule has 1 N–H and O–H groups in total. The summed E-state index contributed by atoms with van der Waals surface area (Å²) in [6, 6.07) is 2.12. The third-order valence-electron chi connectivity index (χ3n) is 2.27. The molecule has 0 radical (unpaired) electrons. The van der Waals surface area contributed by atoms with E-state index in [2.05, 4.69) is 10.1 Å². The van der Waals surface area contributed by atoms with Crippen LogP contribution in [0.1, 0.15) is 17.8 Å². The molecule has 2 aromatic heterocycles. The average molecular weight is 259 g/mol. The van der Waals surface area contributed by atoms with Gasteiger partial charge in [-0.25, -0.2) is 9.50 Å². The lowest BCUT2D eigenvalue weighted by Crippen LogP contribution is -2.07. The zero-order valence-corrected chi connectivity index (χ0v) is 8.98. The molecular weight excluding hydrogens is 251 g/mol. The van der Waals surface area contributed by atoms with Crippen LogP contribution >= 0.6 is 0 Å². The van der Waals surface area contributed by atoms with Gasteiger partial charge in [0, 0.05) is 12.6 Å². The molecule has 0 unspecified atom stereocenters. The van der Waals surface area contributed by atoms with Crippen LogP contribution in [0.2, 0.25) is 0 Å². The van der Waals surface area contributed by atoms with Gasteiger partial charge in [-0.05, 0) is 12.1 Å². The molecule has 2 heterocycles. The molecule has 0 saturated carbocycles. The van der Waals surface area contributed by atoms with Crippen molar-refractivity contribution in [3.63, 3.8) is 0 Å². The summed E-state index contributed by atoms with van der Waals surface area (Å²) >= 11 is 0. The second-order valence-electron chi connectivity index (χ2n) is 3.61. The van der Waals surface area contributed by atoms with Crippen molar-refractivity contribution in [1.29, 1.82) is 0 Å². The highest BCUT2D eigenvalue weighted by atomic mass is 19.4. The first-order valence-corrected chi connectivity index (χ1v) is 5.01. The van der Waals surface area contributed by atoms with E-state index in [1.807, 2.05) is 0 Å². The standard InChI is InChI=1S/C10H8F3N3O2/c11-10(12,13)6-2-1-5-16-9(6)14-7(15-16)3-4-8(17)18/h1-2,5H,3-4H2,(H,17,18). The number of carboxylic acid groups (broad SMARTS) is 1. The molecule has 0 amide bonds. The second-order valence-corrected chi connectivity index (χ2v) is 3.61. The van der Waals surface area contributed by atoms with Crippen LogP contribution in [0.15, 0.2) is 18.3 Å². The molecule has 0 aliphatic carbocycles. The molecule has 0 fully saturated rings. The highest BCUT2D eigenvalue weighted by Crippen LogP contribution is 2.31. The van der Waals surface area contributed by atoms with Crippen molar-refractivity contribution in [2.45, 2.75) is 19.0 Å². The smallest absolute Gasteiger partial charge is 0.420 e. The Morgan fingerprint density at radius 3 is 2.78 bits per heavy atom. The fourth-order valence-electron chi connectivity index (χ4n) is 1.50. The van der Waals surface area contributed by atoms with E-state index in [1.54, 1.807) is 0 Å². The van der Waals surface area contributed by atoms with Crippen molar-refractivity contribution >= 4 is 11.6 Å². The van der Waals surface area contributed by atoms with E-state index in [9.17, 15) is 18.0 Å². The van der Waals surface area contributed by atoms with Crippen molar-refractivity contribution < 1.29 is 23.1 Å². The van der Waals surface area contributed by atoms with Gasteiger partial charge < -0.3 is 5.11 Å². The topological polar surface area (TPSA) is 67.5 Å². The molecule has 0 aromatic carbocycles. The van der Waals surface area contributed by atoms with Gasteiger partial charge in [0.15, 0.2) is 11.5 Å². The molecule has 2 rings (SSSR count). The quantitative estimate of drug-likeness (QED) is 0.912. The van der Waals surface area contributed by atoms with Gasteiger partial charge in [-0.3, -0.25) is 4.79 Å². The van der Waals surface area contributed by atoms with Crippen molar-refractivity contribution in [1.82, 2.24) is 14.6 Å². The zero-order valence-electron chi connectivity index (χ0n) is 8.98. The van der Waals surface area contributed by atoms with Gasteiger partial charge in [0.2, 0.25) is 0 Å². The number of aromatic nitrogens is 3. The molecular formula is C10H8F3N3O2. The van der Waals surface area contributed by atoms with Gasteiger partial charge >= 0.3 is 12.1 Å². The molecule has 2 aromatic rings. The Labute approximate surface area is 98.9 Å². The minimum atomic E-state index is -4.51. The van der Waals surface area contributed by atoms with Crippen LogP contribution in [-0.4, -0.2) is 25.7 Å². The number of carboxylic acids is 1. The van der Waals surface area contributed by atoms with E-state index in [-0.39, 0.29) is 24.3 Å². The summed E-state index contributed by atoms with van der Waals surface area (Å²) in [5.41, 5.74) is -1.20. The SMILES string of the molecule is O=C(O)CCc1nc2c(C(F)(F)F)cccn2n1. The van der Waals surface area contributed by atoms with E-state index >= 15 is 0 Å². The normalized spacial score (nSPS) is 11.9. The summed E-state index contributed by atoms with van der Waals surface area (Å²) < 4.78 is 39.0. The molecule has 0 aliphatic heterocycles. The first-order chi connectivity index (χ1) is 8.38. The van der Waals surface area contributed by atoms with Crippen molar-refractivity contribution in [2.24, 2.45) is 0 Å². The number of fused-ring (bicyclic) bond motifs is 1. The Morgan fingerprint density at radius 2 is 2.17 bits per heavy atom. The van der Waals surface area contributed by atoms with E-state index in [4.69, 9.17) is 5.11 Å². The fourth-order valence-corrected chi connectivity index (χ4v) is 1.50. The maximum Gasteiger partial charge on any atom is 0.420 e. The summed E-state index contributed by atoms with van der Waals surface area (Å²) in [5, 5.41) is 12.3. The highest BCUT2D eigenvalue weighted by molar-refractivity contribution is 5.66. The number of rotatable bonds is 3. The van der Waals surface area contributed by atoms with Crippen LogP contribution in [0.3, 0.4) is 0 Å². The predicted molar refractivity (Wildman–Crippen MR) is 53.9 cm³/mol. The van der Waals surface area contributed by atoms with E-state index in [0.717, 1.165) is 10.6 Å². The molecule has 0 aliphatic rings. The average Bonchev–Trinajstić information content (AvgIpc) is 2.66. The number of aliphatic carboxylic acids is 1. The van der Waals surface area contributed by atoms with E-state index < -0.39 is 17.7 Å². The van der Waals surface area contributed by atoms with Crippen LogP contribution in [-0.2, 0) is 17.4 Å². The maximum atomic E-state index is 12.7. The number of carbonyl (C=O) groups is 1. The minimum Gasteiger partial charge on any atom is -0.481 e. The third-order valence-corrected chi connectivity index (χ3v) is 2.27. The van der Waals surface area contributed by atoms with Gasteiger partial charge in [0.1, 0.15) is 5.56 Å². The molecule has 0 saturated heterocycles. The molecule has 0 atom stereocenters. The lowest BCUT2D eigenvalue weighted by atomic mass is 10.2. The molecule has 96 valence electrons. The Morgan fingerprint density at radius 1 is 1.44 bits per heavy atom. The molecule has 18 heavy (non-hydrogen) atoms. The largest absolute Gasteiger partial charge is 0.481 e. The number of pyridine rings is 1. The molecule has 5 nitrogen and oxygen atoms in total. The number of aryl methyl sites for hydroxylation is 1. The van der Waals surface area contributed by atoms with Crippen LogP contribution in [0, 0.1) is 0 Å². The monoisotopic (exact) mass is 259 g/mol. The fraction of sp³-hybridized carbons (Fsp3) is 0.300. The van der Waals surface area contributed by atoms with Gasteiger partial charge in [0.05, 0.1) is 6.42 Å². The number of halogens is 3. The van der Waals surface area contributed by atoms with Crippen molar-refractivity contribution in [3.05, 3.63) is 29.7 Å². The Kier molecular flexibility index (Phi) is 2.93. The molecule has 0 bridgehead atoms. The van der Waals surface area contributed by atoms with Crippen molar-refractivity contribution in [3.8, 4) is 0 Å². The Bertz CT molecular complexity index is 592. The van der Waals surface area contributed by atoms with Gasteiger partial charge in [0.25, 0.3) is 0 Å². The zero-order chi connectivity index (χ0) is 13.3. The summed E-state index contributed by atoms with van der Waals surface area (Å²) in [6.07, 6.45) is -3.41. The van der Waals surface area contributed by atoms with Crippen LogP contribution < -0.4 is 0 Å². The first kappa shape index (κ1) is 12.3. The Hall–Kier alpha value is -2.12. The predicted octanol–water partition coefficient (Wildman–Crippen LogP) is 1.77. The van der Waals surface area contributed by atoms with Crippen LogP contribution in [0.4, 0.5) is 13.2 Å². The Balaban J connectivity index is 2.42. The summed E-state index contributed by atoms with van der Waals surface area (Å²) in [5.74, 6) is -0.973. The van der Waals surface area contributed by atoms with Gasteiger partial charge in [-0.1, -0.05) is 0 Å². The van der Waals surface area contributed by atoms with Crippen molar-refractivity contribution in [2.75, 3.05) is 0 Å². The lowest BCUT2D eigenvalue weighted by Gasteiger charge is -2.05. The van der Waals surface area contributed by atoms with E-state index in [0.29, 0.717) is 0 Å². The summed E-state index contributed by atoms with van der Waals surface area (Å²) in [7, 11) is 0. The third kappa shape index (κ3) is 2.41. The molecule has 0 spiro atoms. The van der Waals surface area contributed by atoms with Crippen LogP contribution in [0.5, 0.6) is 0 Å². The minimum absolute atomic E-state index is 0.00564. The summed E-state index contributed by atoms with van der Waals surface area (Å²) in [4.78, 5) is 14.1. The first-order valence-electron chi connectivity index (χ1n) is 5.01. The van der Waals surface area contributed by atoms with Gasteiger partial charge in [-0.15, -0.1) is 0 Å². The summed E-state index contributed by atoms with van der Waals surface area (Å²) in [6.45, 7) is 0. The number of hydrogen-bond donors (Lipinski definition) is 1. The second kappa shape index (κ2) is 4.28. The number of hydrogen-bond acceptors (Lipinski definition) is 3. The number of nitrogens with zero attached hydrogens (tertiary/aromatic N) is 3. The molecule has 8 heteroatoms. The lowest BCUT2D eigenvalue weighted by molar-refractivity contribution is -0.137. The number of alkyl halides is 3.